The lowest BCUT2D eigenvalue weighted by molar-refractivity contribution is -0.146. The van der Waals surface area contributed by atoms with Gasteiger partial charge in [-0.2, -0.15) is 0 Å². The normalized spacial score (nSPS) is 25.4. The summed E-state index contributed by atoms with van der Waals surface area (Å²) in [4.78, 5) is 21.7. The fourth-order valence-corrected chi connectivity index (χ4v) is 7.25. The maximum atomic E-state index is 14.1. The van der Waals surface area contributed by atoms with Gasteiger partial charge in [0.1, 0.15) is 16.5 Å². The number of likely N-dealkylation sites (tertiary alicyclic amines) is 1. The molecule has 3 heterocycles. The first-order valence-corrected chi connectivity index (χ1v) is 14.8. The number of hydrogen-bond donors (Lipinski definition) is 2. The molecule has 0 spiro atoms. The quantitative estimate of drug-likeness (QED) is 0.573. The van der Waals surface area contributed by atoms with E-state index in [-0.39, 0.29) is 35.5 Å². The first kappa shape index (κ1) is 27.0. The zero-order valence-electron chi connectivity index (χ0n) is 21.7. The first-order chi connectivity index (χ1) is 18.1. The third-order valence-electron chi connectivity index (χ3n) is 8.31. The number of pyridine rings is 1. The number of nitrogens with one attached hydrogen (secondary N) is 2. The molecular weight excluding hydrogens is 512 g/mol. The Morgan fingerprint density at radius 1 is 1.08 bits per heavy atom. The fraction of sp³-hybridized carbons (Fsp3) is 0.556. The van der Waals surface area contributed by atoms with Crippen LogP contribution in [0, 0.1) is 17.6 Å². The monoisotopic (exact) mass is 547 g/mol. The SMILES string of the molecule is CC(C)N1CCC(N2CNC3CCC(c4cncc(NS(=O)(=O)c5ccc(F)cc5F)c4)CC3C2=O)CC1. The van der Waals surface area contributed by atoms with Gasteiger partial charge in [-0.3, -0.25) is 19.8 Å². The summed E-state index contributed by atoms with van der Waals surface area (Å²) in [6.07, 6.45) is 7.35. The van der Waals surface area contributed by atoms with E-state index in [0.717, 1.165) is 56.5 Å². The summed E-state index contributed by atoms with van der Waals surface area (Å²) in [5, 5.41) is 3.60. The van der Waals surface area contributed by atoms with Gasteiger partial charge in [-0.05, 0) is 75.6 Å². The largest absolute Gasteiger partial charge is 0.327 e. The van der Waals surface area contributed by atoms with Crippen molar-refractivity contribution in [3.63, 3.8) is 0 Å². The minimum atomic E-state index is -4.27. The molecule has 38 heavy (non-hydrogen) atoms. The second-order valence-corrected chi connectivity index (χ2v) is 12.6. The number of nitrogens with zero attached hydrogens (tertiary/aromatic N) is 3. The minimum Gasteiger partial charge on any atom is -0.327 e. The molecule has 0 radical (unpaired) electrons. The molecule has 11 heteroatoms. The molecule has 2 saturated heterocycles. The van der Waals surface area contributed by atoms with Crippen LogP contribution in [0.4, 0.5) is 14.5 Å². The second kappa shape index (κ2) is 10.9. The third kappa shape index (κ3) is 5.55. The molecule has 0 bridgehead atoms. The van der Waals surface area contributed by atoms with Crippen LogP contribution in [0.3, 0.4) is 0 Å². The Kier molecular flexibility index (Phi) is 7.70. The maximum Gasteiger partial charge on any atom is 0.264 e. The Morgan fingerprint density at radius 3 is 2.55 bits per heavy atom. The number of halogens is 2. The highest BCUT2D eigenvalue weighted by Gasteiger charge is 2.43. The van der Waals surface area contributed by atoms with E-state index in [0.29, 0.717) is 25.2 Å². The number of fused-ring (bicyclic) bond motifs is 1. The summed E-state index contributed by atoms with van der Waals surface area (Å²) in [6.45, 7) is 7.00. The molecule has 2 N–H and O–H groups in total. The van der Waals surface area contributed by atoms with Gasteiger partial charge in [-0.25, -0.2) is 17.2 Å². The lowest BCUT2D eigenvalue weighted by atomic mass is 9.74. The molecule has 3 atom stereocenters. The predicted molar refractivity (Wildman–Crippen MR) is 140 cm³/mol. The van der Waals surface area contributed by atoms with Crippen LogP contribution in [-0.4, -0.2) is 67.0 Å². The number of carbonyl (C=O) groups is 1. The van der Waals surface area contributed by atoms with E-state index >= 15 is 0 Å². The smallest absolute Gasteiger partial charge is 0.264 e. The van der Waals surface area contributed by atoms with E-state index in [1.165, 1.54) is 6.20 Å². The van der Waals surface area contributed by atoms with Gasteiger partial charge in [-0.1, -0.05) is 0 Å². The van der Waals surface area contributed by atoms with Crippen molar-refractivity contribution in [1.29, 1.82) is 0 Å². The van der Waals surface area contributed by atoms with Gasteiger partial charge >= 0.3 is 0 Å². The van der Waals surface area contributed by atoms with Crippen molar-refractivity contribution in [2.75, 3.05) is 24.5 Å². The molecule has 2 aromatic rings. The molecule has 1 aromatic heterocycles. The van der Waals surface area contributed by atoms with E-state index in [4.69, 9.17) is 0 Å². The van der Waals surface area contributed by atoms with Gasteiger partial charge in [0.15, 0.2) is 0 Å². The van der Waals surface area contributed by atoms with Gasteiger partial charge in [0.05, 0.1) is 24.5 Å². The van der Waals surface area contributed by atoms with Crippen molar-refractivity contribution in [3.8, 4) is 0 Å². The van der Waals surface area contributed by atoms with E-state index in [9.17, 15) is 22.0 Å². The topological polar surface area (TPSA) is 94.6 Å². The summed E-state index contributed by atoms with van der Waals surface area (Å²) in [5.41, 5.74) is 1.03. The number of hydrogen-bond acceptors (Lipinski definition) is 6. The molecule has 206 valence electrons. The number of sulfonamides is 1. The van der Waals surface area contributed by atoms with Crippen LogP contribution in [0.25, 0.3) is 0 Å². The Bertz CT molecular complexity index is 1280. The lowest BCUT2D eigenvalue weighted by Gasteiger charge is -2.48. The predicted octanol–water partition coefficient (Wildman–Crippen LogP) is 3.68. The third-order valence-corrected chi connectivity index (χ3v) is 9.73. The van der Waals surface area contributed by atoms with E-state index in [1.54, 1.807) is 12.3 Å². The van der Waals surface area contributed by atoms with E-state index in [2.05, 4.69) is 33.8 Å². The molecule has 3 fully saturated rings. The zero-order chi connectivity index (χ0) is 27.0. The zero-order valence-corrected chi connectivity index (χ0v) is 22.6. The van der Waals surface area contributed by atoms with Crippen LogP contribution < -0.4 is 10.0 Å². The van der Waals surface area contributed by atoms with Crippen molar-refractivity contribution >= 4 is 21.6 Å². The van der Waals surface area contributed by atoms with Crippen molar-refractivity contribution in [1.82, 2.24) is 20.1 Å². The Balaban J connectivity index is 1.27. The summed E-state index contributed by atoms with van der Waals surface area (Å²) >= 11 is 0. The molecule has 3 aliphatic rings. The molecular formula is C27H35F2N5O3S. The highest BCUT2D eigenvalue weighted by atomic mass is 32.2. The number of amides is 1. The average Bonchev–Trinajstić information content (AvgIpc) is 2.88. The molecule has 1 aliphatic carbocycles. The number of piperidine rings is 1. The van der Waals surface area contributed by atoms with Gasteiger partial charge in [0.2, 0.25) is 5.91 Å². The highest BCUT2D eigenvalue weighted by Crippen LogP contribution is 2.40. The number of benzene rings is 1. The number of aromatic nitrogens is 1. The summed E-state index contributed by atoms with van der Waals surface area (Å²) in [7, 11) is -4.27. The van der Waals surface area contributed by atoms with Crippen molar-refractivity contribution in [2.24, 2.45) is 5.92 Å². The van der Waals surface area contributed by atoms with Crippen LogP contribution in [0.2, 0.25) is 0 Å². The van der Waals surface area contributed by atoms with E-state index in [1.807, 2.05) is 4.90 Å². The van der Waals surface area contributed by atoms with Crippen LogP contribution in [0.5, 0.6) is 0 Å². The molecule has 1 amide bonds. The summed E-state index contributed by atoms with van der Waals surface area (Å²) < 4.78 is 55.2. The van der Waals surface area contributed by atoms with Crippen LogP contribution in [-0.2, 0) is 14.8 Å². The molecule has 3 unspecified atom stereocenters. The molecule has 2 aliphatic heterocycles. The fourth-order valence-electron chi connectivity index (χ4n) is 6.16. The van der Waals surface area contributed by atoms with Gasteiger partial charge in [0, 0.05) is 43.5 Å². The van der Waals surface area contributed by atoms with Gasteiger partial charge < -0.3 is 9.80 Å². The molecule has 5 rings (SSSR count). The molecule has 8 nitrogen and oxygen atoms in total. The highest BCUT2D eigenvalue weighted by molar-refractivity contribution is 7.92. The van der Waals surface area contributed by atoms with E-state index < -0.39 is 26.6 Å². The summed E-state index contributed by atoms with van der Waals surface area (Å²) in [5.74, 6) is -1.91. The molecule has 1 saturated carbocycles. The Hall–Kier alpha value is -2.63. The summed E-state index contributed by atoms with van der Waals surface area (Å²) in [6, 6.07) is 4.92. The van der Waals surface area contributed by atoms with Crippen molar-refractivity contribution < 1.29 is 22.0 Å². The standard InChI is InChI=1S/C27H35F2N5O3S/c1-17(2)33-9-7-22(8-10-33)34-16-31-25-5-3-18(12-23(25)27(34)35)19-11-21(15-30-14-19)32-38(36,37)26-6-4-20(28)13-24(26)29/h4,6,11,13-15,17-18,22-23,25,31-32H,3,5,7-10,12,16H2,1-2H3. The number of rotatable bonds is 6. The van der Waals surface area contributed by atoms with Crippen LogP contribution in [0.1, 0.15) is 57.4 Å². The second-order valence-electron chi connectivity index (χ2n) is 10.9. The maximum absolute atomic E-state index is 14.1. The van der Waals surface area contributed by atoms with Crippen molar-refractivity contribution in [3.05, 3.63) is 53.9 Å². The lowest BCUT2D eigenvalue weighted by Crippen LogP contribution is -2.62. The minimum absolute atomic E-state index is 0.0456. The number of carbonyl (C=O) groups excluding carboxylic acids is 1. The van der Waals surface area contributed by atoms with Crippen LogP contribution >= 0.6 is 0 Å². The first-order valence-electron chi connectivity index (χ1n) is 13.3. The average molecular weight is 548 g/mol. The number of anilines is 1. The van der Waals surface area contributed by atoms with Crippen LogP contribution in [0.15, 0.2) is 41.6 Å². The Labute approximate surface area is 222 Å². The van der Waals surface area contributed by atoms with Gasteiger partial charge in [0.25, 0.3) is 10.0 Å². The van der Waals surface area contributed by atoms with Gasteiger partial charge in [-0.15, -0.1) is 0 Å². The molecule has 1 aromatic carbocycles. The van der Waals surface area contributed by atoms with Crippen molar-refractivity contribution in [2.45, 2.75) is 74.9 Å². The Morgan fingerprint density at radius 2 is 1.84 bits per heavy atom.